The van der Waals surface area contributed by atoms with Gasteiger partial charge in [0.25, 0.3) is 5.91 Å². The lowest BCUT2D eigenvalue weighted by atomic mass is 10.2. The molecule has 0 unspecified atom stereocenters. The number of rotatable bonds is 3. The van der Waals surface area contributed by atoms with Gasteiger partial charge in [-0.2, -0.15) is 5.10 Å². The second-order valence-corrected chi connectivity index (χ2v) is 6.94. The number of nitrogen functional groups attached to an aromatic ring is 1. The van der Waals surface area contributed by atoms with E-state index < -0.39 is 5.91 Å². The predicted octanol–water partition coefficient (Wildman–Crippen LogP) is 4.03. The number of halogens is 3. The Morgan fingerprint density at radius 3 is 2.64 bits per heavy atom. The number of phenolic OH excluding ortho intramolecular Hbond substituents is 1. The Bertz CT molecular complexity index is 763. The Morgan fingerprint density at radius 2 is 1.91 bits per heavy atom. The molecule has 2 aromatic rings. The number of nitrogens with two attached hydrogens (primary N) is 1. The van der Waals surface area contributed by atoms with Crippen molar-refractivity contribution in [3.05, 3.63) is 54.9 Å². The molecule has 0 aliphatic rings. The normalized spacial score (nSPS) is 10.9. The SMILES string of the molecule is Nc1c(Br)cc(Br)cc1C(=O)N/N=C/c1cc(Br)ccc1O. The van der Waals surface area contributed by atoms with Gasteiger partial charge in [-0.05, 0) is 46.3 Å². The lowest BCUT2D eigenvalue weighted by Crippen LogP contribution is -2.19. The number of amides is 1. The quantitative estimate of drug-likeness (QED) is 0.344. The summed E-state index contributed by atoms with van der Waals surface area (Å²) in [4.78, 5) is 12.1. The van der Waals surface area contributed by atoms with E-state index in [1.165, 1.54) is 12.3 Å². The summed E-state index contributed by atoms with van der Waals surface area (Å²) in [5.74, 6) is -0.392. The van der Waals surface area contributed by atoms with Gasteiger partial charge in [0.1, 0.15) is 5.75 Å². The van der Waals surface area contributed by atoms with E-state index in [1.807, 2.05) is 0 Å². The molecule has 0 spiro atoms. The highest BCUT2D eigenvalue weighted by Crippen LogP contribution is 2.28. The van der Waals surface area contributed by atoms with E-state index in [0.717, 1.165) is 4.47 Å². The van der Waals surface area contributed by atoms with Gasteiger partial charge in [0.2, 0.25) is 0 Å². The van der Waals surface area contributed by atoms with Crippen LogP contribution in [0, 0.1) is 0 Å². The molecule has 2 aromatic carbocycles. The Morgan fingerprint density at radius 1 is 1.18 bits per heavy atom. The summed E-state index contributed by atoms with van der Waals surface area (Å²) in [6.45, 7) is 0. The third-order valence-corrected chi connectivity index (χ3v) is 4.31. The molecular formula is C14H10Br3N3O2. The summed E-state index contributed by atoms with van der Waals surface area (Å²) in [6, 6.07) is 8.24. The molecule has 0 aromatic heterocycles. The van der Waals surface area contributed by atoms with Crippen molar-refractivity contribution in [1.29, 1.82) is 0 Å². The lowest BCUT2D eigenvalue weighted by Gasteiger charge is -2.07. The Balaban J connectivity index is 2.16. The number of aromatic hydroxyl groups is 1. The summed E-state index contributed by atoms with van der Waals surface area (Å²) >= 11 is 9.86. The number of benzene rings is 2. The lowest BCUT2D eigenvalue weighted by molar-refractivity contribution is 0.0956. The Labute approximate surface area is 152 Å². The number of hydrogen-bond acceptors (Lipinski definition) is 4. The number of hydrazone groups is 1. The van der Waals surface area contributed by atoms with Crippen LogP contribution >= 0.6 is 47.8 Å². The zero-order valence-electron chi connectivity index (χ0n) is 11.0. The van der Waals surface area contributed by atoms with Crippen molar-refractivity contribution in [1.82, 2.24) is 5.43 Å². The highest BCUT2D eigenvalue weighted by molar-refractivity contribution is 9.11. The van der Waals surface area contributed by atoms with Crippen molar-refractivity contribution in [3.8, 4) is 5.75 Å². The van der Waals surface area contributed by atoms with Gasteiger partial charge in [-0.25, -0.2) is 5.43 Å². The van der Waals surface area contributed by atoms with Crippen LogP contribution in [0.15, 0.2) is 48.9 Å². The second kappa shape index (κ2) is 7.26. The van der Waals surface area contributed by atoms with Crippen LogP contribution in [0.1, 0.15) is 15.9 Å². The molecule has 5 nitrogen and oxygen atoms in total. The summed E-state index contributed by atoms with van der Waals surface area (Å²) in [5.41, 5.74) is 9.30. The van der Waals surface area contributed by atoms with Crippen molar-refractivity contribution >= 4 is 65.6 Å². The first kappa shape index (κ1) is 17.0. The minimum absolute atomic E-state index is 0.0610. The molecule has 0 heterocycles. The zero-order chi connectivity index (χ0) is 16.3. The fourth-order valence-electron chi connectivity index (χ4n) is 1.62. The summed E-state index contributed by atoms with van der Waals surface area (Å²) in [7, 11) is 0. The fraction of sp³-hybridized carbons (Fsp3) is 0. The van der Waals surface area contributed by atoms with Crippen LogP contribution in [0.5, 0.6) is 5.75 Å². The number of nitrogens with zero attached hydrogens (tertiary/aromatic N) is 1. The predicted molar refractivity (Wildman–Crippen MR) is 97.1 cm³/mol. The zero-order valence-corrected chi connectivity index (χ0v) is 15.7. The molecule has 8 heteroatoms. The number of carbonyl (C=O) groups is 1. The molecule has 114 valence electrons. The Kier molecular flexibility index (Phi) is 5.60. The minimum atomic E-state index is -0.453. The maximum atomic E-state index is 12.1. The molecule has 22 heavy (non-hydrogen) atoms. The molecule has 0 atom stereocenters. The van der Waals surface area contributed by atoms with E-state index >= 15 is 0 Å². The summed E-state index contributed by atoms with van der Waals surface area (Å²) in [6.07, 6.45) is 1.35. The summed E-state index contributed by atoms with van der Waals surface area (Å²) in [5, 5.41) is 13.5. The average molecular weight is 492 g/mol. The van der Waals surface area contributed by atoms with Crippen LogP contribution in [0.2, 0.25) is 0 Å². The van der Waals surface area contributed by atoms with Crippen molar-refractivity contribution in [2.24, 2.45) is 5.10 Å². The molecule has 0 fully saturated rings. The summed E-state index contributed by atoms with van der Waals surface area (Å²) < 4.78 is 2.12. The first-order valence-electron chi connectivity index (χ1n) is 5.95. The highest BCUT2D eigenvalue weighted by Gasteiger charge is 2.12. The van der Waals surface area contributed by atoms with Crippen LogP contribution in [0.25, 0.3) is 0 Å². The van der Waals surface area contributed by atoms with Crippen LogP contribution in [0.3, 0.4) is 0 Å². The first-order valence-corrected chi connectivity index (χ1v) is 8.33. The molecule has 1 amide bonds. The number of anilines is 1. The van der Waals surface area contributed by atoms with E-state index in [9.17, 15) is 9.90 Å². The minimum Gasteiger partial charge on any atom is -0.507 e. The first-order chi connectivity index (χ1) is 10.4. The molecule has 0 radical (unpaired) electrons. The molecule has 0 aliphatic heterocycles. The van der Waals surface area contributed by atoms with E-state index in [0.29, 0.717) is 20.2 Å². The van der Waals surface area contributed by atoms with Crippen LogP contribution in [0.4, 0.5) is 5.69 Å². The van der Waals surface area contributed by atoms with Gasteiger partial charge < -0.3 is 10.8 Å². The number of carbonyl (C=O) groups excluding carboxylic acids is 1. The largest absolute Gasteiger partial charge is 0.507 e. The maximum Gasteiger partial charge on any atom is 0.273 e. The van der Waals surface area contributed by atoms with Gasteiger partial charge >= 0.3 is 0 Å². The van der Waals surface area contributed by atoms with Gasteiger partial charge in [0.05, 0.1) is 17.5 Å². The number of hydrogen-bond donors (Lipinski definition) is 3. The molecule has 0 saturated carbocycles. The second-order valence-electron chi connectivity index (χ2n) is 4.25. The monoisotopic (exact) mass is 489 g/mol. The van der Waals surface area contributed by atoms with E-state index in [-0.39, 0.29) is 11.3 Å². The third-order valence-electron chi connectivity index (χ3n) is 2.70. The van der Waals surface area contributed by atoms with Gasteiger partial charge in [-0.3, -0.25) is 4.79 Å². The molecular weight excluding hydrogens is 482 g/mol. The molecule has 0 aliphatic carbocycles. The molecule has 0 saturated heterocycles. The molecule has 0 bridgehead atoms. The molecule has 4 N–H and O–H groups in total. The van der Waals surface area contributed by atoms with Gasteiger partial charge in [-0.1, -0.05) is 31.9 Å². The number of phenols is 1. The van der Waals surface area contributed by atoms with Gasteiger partial charge in [-0.15, -0.1) is 0 Å². The third kappa shape index (κ3) is 4.08. The van der Waals surface area contributed by atoms with E-state index in [1.54, 1.807) is 24.3 Å². The standard InChI is InChI=1S/C14H10Br3N3O2/c15-8-1-2-12(21)7(3-8)6-19-20-14(22)10-4-9(16)5-11(17)13(10)18/h1-6,21H,18H2,(H,20,22)/b19-6+. The van der Waals surface area contributed by atoms with Crippen molar-refractivity contribution in [2.45, 2.75) is 0 Å². The van der Waals surface area contributed by atoms with Crippen molar-refractivity contribution in [3.63, 3.8) is 0 Å². The van der Waals surface area contributed by atoms with Crippen LogP contribution in [-0.2, 0) is 0 Å². The van der Waals surface area contributed by atoms with Crippen molar-refractivity contribution in [2.75, 3.05) is 5.73 Å². The van der Waals surface area contributed by atoms with Gasteiger partial charge in [0.15, 0.2) is 0 Å². The van der Waals surface area contributed by atoms with E-state index in [2.05, 4.69) is 58.3 Å². The van der Waals surface area contributed by atoms with Crippen molar-refractivity contribution < 1.29 is 9.90 Å². The molecule has 2 rings (SSSR count). The number of nitrogens with one attached hydrogen (secondary N) is 1. The van der Waals surface area contributed by atoms with Crippen LogP contribution < -0.4 is 11.2 Å². The maximum absolute atomic E-state index is 12.1. The average Bonchev–Trinajstić information content (AvgIpc) is 2.46. The fourth-order valence-corrected chi connectivity index (χ4v) is 3.23. The smallest absolute Gasteiger partial charge is 0.273 e. The van der Waals surface area contributed by atoms with E-state index in [4.69, 9.17) is 5.73 Å². The Hall–Kier alpha value is -1.38. The topological polar surface area (TPSA) is 87.7 Å². The van der Waals surface area contributed by atoms with Crippen LogP contribution in [-0.4, -0.2) is 17.2 Å². The highest BCUT2D eigenvalue weighted by atomic mass is 79.9. The van der Waals surface area contributed by atoms with Gasteiger partial charge in [0, 0.05) is 19.0 Å².